The Hall–Kier alpha value is -1.86. The number of para-hydroxylation sites is 1. The summed E-state index contributed by atoms with van der Waals surface area (Å²) in [5.74, 6) is 0. The van der Waals surface area contributed by atoms with Crippen molar-refractivity contribution in [3.05, 3.63) is 42.2 Å². The Kier molecular flexibility index (Phi) is 4.10. The molecule has 0 saturated heterocycles. The summed E-state index contributed by atoms with van der Waals surface area (Å²) in [6.07, 6.45) is 3.49. The first-order valence-corrected chi connectivity index (χ1v) is 7.63. The Bertz CT molecular complexity index is 665. The van der Waals surface area contributed by atoms with Gasteiger partial charge in [-0.05, 0) is 19.1 Å². The van der Waals surface area contributed by atoms with Gasteiger partial charge in [-0.3, -0.25) is 5.10 Å². The molecule has 2 aromatic rings. The lowest BCUT2D eigenvalue weighted by Crippen LogP contribution is -2.23. The molecule has 0 spiro atoms. The number of hydrogen-bond acceptors (Lipinski definition) is 4. The number of aromatic amines is 1. The van der Waals surface area contributed by atoms with Gasteiger partial charge in [-0.2, -0.15) is 5.10 Å². The molecule has 0 aliphatic carbocycles. The van der Waals surface area contributed by atoms with Crippen LogP contribution in [-0.2, 0) is 10.0 Å². The molecule has 6 nitrogen and oxygen atoms in total. The molecule has 7 heteroatoms. The van der Waals surface area contributed by atoms with Crippen molar-refractivity contribution in [2.75, 3.05) is 19.4 Å². The summed E-state index contributed by atoms with van der Waals surface area (Å²) in [7, 11) is -0.436. The van der Waals surface area contributed by atoms with Crippen LogP contribution < -0.4 is 5.32 Å². The number of sulfonamides is 1. The molecule has 1 unspecified atom stereocenters. The summed E-state index contributed by atoms with van der Waals surface area (Å²) in [4.78, 5) is 0.264. The van der Waals surface area contributed by atoms with E-state index in [2.05, 4.69) is 15.5 Å². The molecular weight excluding hydrogens is 276 g/mol. The number of rotatable bonds is 5. The molecule has 1 heterocycles. The van der Waals surface area contributed by atoms with E-state index in [1.165, 1.54) is 18.4 Å². The second-order valence-electron chi connectivity index (χ2n) is 4.68. The predicted octanol–water partition coefficient (Wildman–Crippen LogP) is 1.83. The van der Waals surface area contributed by atoms with Crippen LogP contribution in [0.25, 0.3) is 0 Å². The van der Waals surface area contributed by atoms with E-state index in [4.69, 9.17) is 0 Å². The highest BCUT2D eigenvalue weighted by Gasteiger charge is 2.21. The molecule has 0 aliphatic rings. The van der Waals surface area contributed by atoms with E-state index in [1.54, 1.807) is 36.7 Å². The first-order valence-electron chi connectivity index (χ1n) is 6.19. The van der Waals surface area contributed by atoms with Gasteiger partial charge >= 0.3 is 0 Å². The highest BCUT2D eigenvalue weighted by molar-refractivity contribution is 7.89. The van der Waals surface area contributed by atoms with Crippen molar-refractivity contribution in [1.29, 1.82) is 0 Å². The summed E-state index contributed by atoms with van der Waals surface area (Å²) in [5.41, 5.74) is 1.54. The fourth-order valence-electron chi connectivity index (χ4n) is 1.82. The first kappa shape index (κ1) is 14.5. The van der Waals surface area contributed by atoms with Crippen molar-refractivity contribution >= 4 is 15.7 Å². The van der Waals surface area contributed by atoms with Crippen molar-refractivity contribution < 1.29 is 8.42 Å². The topological polar surface area (TPSA) is 78.1 Å². The maximum atomic E-state index is 12.3. The summed E-state index contributed by atoms with van der Waals surface area (Å²) in [5, 5.41) is 9.84. The Morgan fingerprint density at radius 2 is 2.00 bits per heavy atom. The average molecular weight is 294 g/mol. The zero-order chi connectivity index (χ0) is 14.8. The summed E-state index contributed by atoms with van der Waals surface area (Å²) in [6.45, 7) is 1.95. The number of H-pyrrole nitrogens is 1. The maximum Gasteiger partial charge on any atom is 0.244 e. The van der Waals surface area contributed by atoms with Crippen molar-refractivity contribution in [3.63, 3.8) is 0 Å². The molecule has 0 aliphatic heterocycles. The van der Waals surface area contributed by atoms with Crippen LogP contribution in [0, 0.1) is 0 Å². The highest BCUT2D eigenvalue weighted by Crippen LogP contribution is 2.26. The Morgan fingerprint density at radius 3 is 2.60 bits per heavy atom. The third-order valence-electron chi connectivity index (χ3n) is 3.04. The molecule has 1 aromatic heterocycles. The van der Waals surface area contributed by atoms with Crippen molar-refractivity contribution in [2.45, 2.75) is 17.9 Å². The van der Waals surface area contributed by atoms with E-state index < -0.39 is 10.0 Å². The van der Waals surface area contributed by atoms with E-state index in [0.29, 0.717) is 5.69 Å². The Morgan fingerprint density at radius 1 is 1.30 bits per heavy atom. The molecule has 0 fully saturated rings. The van der Waals surface area contributed by atoms with Gasteiger partial charge in [-0.25, -0.2) is 12.7 Å². The number of nitrogens with zero attached hydrogens (tertiary/aromatic N) is 2. The monoisotopic (exact) mass is 294 g/mol. The predicted molar refractivity (Wildman–Crippen MR) is 77.9 cm³/mol. The zero-order valence-corrected chi connectivity index (χ0v) is 12.5. The molecule has 2 N–H and O–H groups in total. The third kappa shape index (κ3) is 2.83. The maximum absolute atomic E-state index is 12.3. The molecule has 108 valence electrons. The fraction of sp³-hybridized carbons (Fsp3) is 0.308. The molecular formula is C13H18N4O2S. The molecule has 0 radical (unpaired) electrons. The van der Waals surface area contributed by atoms with Gasteiger partial charge in [0, 0.05) is 25.9 Å². The average Bonchev–Trinajstić information content (AvgIpc) is 2.93. The third-order valence-corrected chi connectivity index (χ3v) is 4.91. The van der Waals surface area contributed by atoms with Crippen LogP contribution in [0.5, 0.6) is 0 Å². The number of aromatic nitrogens is 2. The second-order valence-corrected chi connectivity index (χ2v) is 6.80. The standard InChI is InChI=1S/C13H18N4O2S/c1-10(11-8-14-15-9-11)16-12-6-4-5-7-13(12)20(18,19)17(2)3/h4-10,16H,1-3H3,(H,14,15). The number of anilines is 1. The SMILES string of the molecule is CC(Nc1ccccc1S(=O)(=O)N(C)C)c1cn[nH]c1. The van der Waals surface area contributed by atoms with Crippen LogP contribution >= 0.6 is 0 Å². The first-order chi connectivity index (χ1) is 9.43. The number of nitrogens with one attached hydrogen (secondary N) is 2. The van der Waals surface area contributed by atoms with Crippen LogP contribution in [0.2, 0.25) is 0 Å². The molecule has 0 saturated carbocycles. The lowest BCUT2D eigenvalue weighted by molar-refractivity contribution is 0.521. The summed E-state index contributed by atoms with van der Waals surface area (Å²) < 4.78 is 25.8. The van der Waals surface area contributed by atoms with Gasteiger partial charge in [0.1, 0.15) is 4.90 Å². The zero-order valence-electron chi connectivity index (χ0n) is 11.7. The molecule has 20 heavy (non-hydrogen) atoms. The summed E-state index contributed by atoms with van der Waals surface area (Å²) in [6, 6.07) is 6.82. The number of hydrogen-bond donors (Lipinski definition) is 2. The fourth-order valence-corrected chi connectivity index (χ4v) is 2.87. The van der Waals surface area contributed by atoms with Crippen LogP contribution in [0.15, 0.2) is 41.6 Å². The Labute approximate surface area is 118 Å². The lowest BCUT2D eigenvalue weighted by atomic mass is 10.2. The van der Waals surface area contributed by atoms with Gasteiger partial charge in [0.05, 0.1) is 17.9 Å². The minimum atomic E-state index is -3.47. The van der Waals surface area contributed by atoms with Crippen LogP contribution in [-0.4, -0.2) is 37.0 Å². The van der Waals surface area contributed by atoms with Gasteiger partial charge < -0.3 is 5.32 Å². The second kappa shape index (κ2) is 5.64. The molecule has 0 amide bonds. The van der Waals surface area contributed by atoms with Gasteiger partial charge in [-0.15, -0.1) is 0 Å². The quantitative estimate of drug-likeness (QED) is 0.882. The summed E-state index contributed by atoms with van der Waals surface area (Å²) >= 11 is 0. The van der Waals surface area contributed by atoms with E-state index in [1.807, 2.05) is 6.92 Å². The van der Waals surface area contributed by atoms with E-state index in [0.717, 1.165) is 5.56 Å². The Balaban J connectivity index is 2.34. The van der Waals surface area contributed by atoms with Crippen molar-refractivity contribution in [3.8, 4) is 0 Å². The van der Waals surface area contributed by atoms with E-state index in [9.17, 15) is 8.42 Å². The van der Waals surface area contributed by atoms with Gasteiger partial charge in [0.15, 0.2) is 0 Å². The smallest absolute Gasteiger partial charge is 0.244 e. The van der Waals surface area contributed by atoms with E-state index in [-0.39, 0.29) is 10.9 Å². The molecule has 2 rings (SSSR count). The lowest BCUT2D eigenvalue weighted by Gasteiger charge is -2.19. The molecule has 1 atom stereocenters. The molecule has 1 aromatic carbocycles. The minimum Gasteiger partial charge on any atom is -0.377 e. The van der Waals surface area contributed by atoms with Gasteiger partial charge in [0.25, 0.3) is 0 Å². The number of benzene rings is 1. The van der Waals surface area contributed by atoms with Crippen LogP contribution in [0.3, 0.4) is 0 Å². The van der Waals surface area contributed by atoms with Crippen LogP contribution in [0.4, 0.5) is 5.69 Å². The van der Waals surface area contributed by atoms with Gasteiger partial charge in [-0.1, -0.05) is 12.1 Å². The van der Waals surface area contributed by atoms with E-state index >= 15 is 0 Å². The van der Waals surface area contributed by atoms with Gasteiger partial charge in [0.2, 0.25) is 10.0 Å². The minimum absolute atomic E-state index is 0.0488. The molecule has 0 bridgehead atoms. The largest absolute Gasteiger partial charge is 0.377 e. The van der Waals surface area contributed by atoms with Crippen molar-refractivity contribution in [2.24, 2.45) is 0 Å². The van der Waals surface area contributed by atoms with Crippen LogP contribution in [0.1, 0.15) is 18.5 Å². The van der Waals surface area contributed by atoms with Crippen molar-refractivity contribution in [1.82, 2.24) is 14.5 Å². The normalized spacial score (nSPS) is 13.4. The highest BCUT2D eigenvalue weighted by atomic mass is 32.2.